The van der Waals surface area contributed by atoms with Crippen LogP contribution in [0.2, 0.25) is 0 Å². The highest BCUT2D eigenvalue weighted by Gasteiger charge is 2.30. The summed E-state index contributed by atoms with van der Waals surface area (Å²) in [5, 5.41) is 0. The number of piperidine rings is 1. The van der Waals surface area contributed by atoms with Crippen molar-refractivity contribution in [1.82, 2.24) is 4.90 Å². The van der Waals surface area contributed by atoms with Crippen molar-refractivity contribution in [3.05, 3.63) is 66.0 Å². The zero-order valence-corrected chi connectivity index (χ0v) is 13.9. The van der Waals surface area contributed by atoms with Gasteiger partial charge in [-0.05, 0) is 48.1 Å². The molecule has 2 aliphatic rings. The van der Waals surface area contributed by atoms with Crippen LogP contribution in [0.1, 0.15) is 12.0 Å². The van der Waals surface area contributed by atoms with Crippen LogP contribution in [0.3, 0.4) is 0 Å². The summed E-state index contributed by atoms with van der Waals surface area (Å²) in [6.07, 6.45) is 1.38. The first-order valence-corrected chi connectivity index (χ1v) is 8.54. The Balaban J connectivity index is 0.000000179. The average Bonchev–Trinajstić information content (AvgIpc) is 2.59. The molecule has 2 aromatic carbocycles. The molecule has 2 saturated heterocycles. The van der Waals surface area contributed by atoms with Crippen molar-refractivity contribution in [3.8, 4) is 0 Å². The number of fused-ring (bicyclic) bond motifs is 2. The molecule has 2 atom stereocenters. The fourth-order valence-electron chi connectivity index (χ4n) is 3.50. The minimum atomic E-state index is -0.251. The highest BCUT2D eigenvalue weighted by molar-refractivity contribution is 5.36. The van der Waals surface area contributed by atoms with Crippen LogP contribution >= 0.6 is 0 Å². The van der Waals surface area contributed by atoms with Crippen LogP contribution in [-0.4, -0.2) is 31.2 Å². The van der Waals surface area contributed by atoms with Gasteiger partial charge in [-0.1, -0.05) is 30.3 Å². The van der Waals surface area contributed by atoms with Gasteiger partial charge in [-0.15, -0.1) is 0 Å². The van der Waals surface area contributed by atoms with Crippen molar-refractivity contribution in [3.63, 3.8) is 0 Å². The number of halogens is 1. The Morgan fingerprint density at radius 3 is 2.17 bits per heavy atom. The Kier molecular flexibility index (Phi) is 5.83. The quantitative estimate of drug-likeness (QED) is 0.857. The molecule has 4 rings (SSSR count). The smallest absolute Gasteiger partial charge is 0.123 e. The van der Waals surface area contributed by atoms with Crippen molar-refractivity contribution in [2.75, 3.05) is 32.0 Å². The second kappa shape index (κ2) is 8.27. The number of anilines is 1. The minimum Gasteiger partial charge on any atom is -0.399 e. The summed E-state index contributed by atoms with van der Waals surface area (Å²) in [6.45, 7) is 5.48. The maximum atomic E-state index is 12.0. The number of hydrogen-bond acceptors (Lipinski definition) is 3. The Labute approximate surface area is 143 Å². The van der Waals surface area contributed by atoms with Gasteiger partial charge < -0.3 is 10.5 Å². The van der Waals surface area contributed by atoms with Gasteiger partial charge in [0, 0.05) is 25.3 Å². The molecule has 0 amide bonds. The van der Waals surface area contributed by atoms with Gasteiger partial charge in [0.05, 0.1) is 13.2 Å². The summed E-state index contributed by atoms with van der Waals surface area (Å²) in [7, 11) is 0. The largest absolute Gasteiger partial charge is 0.399 e. The van der Waals surface area contributed by atoms with Crippen LogP contribution in [0, 0.1) is 17.7 Å². The Morgan fingerprint density at radius 2 is 1.58 bits per heavy atom. The minimum absolute atomic E-state index is 0.251. The van der Waals surface area contributed by atoms with Crippen LogP contribution in [-0.2, 0) is 11.3 Å². The monoisotopic (exact) mass is 328 g/mol. The van der Waals surface area contributed by atoms with E-state index in [1.165, 1.54) is 49.3 Å². The fourth-order valence-corrected chi connectivity index (χ4v) is 3.50. The third-order valence-corrected chi connectivity index (χ3v) is 4.53. The van der Waals surface area contributed by atoms with Gasteiger partial charge in [-0.3, -0.25) is 4.90 Å². The molecule has 2 heterocycles. The normalized spacial score (nSPS) is 23.2. The van der Waals surface area contributed by atoms with E-state index in [1.807, 2.05) is 0 Å². The van der Waals surface area contributed by atoms with Gasteiger partial charge in [0.2, 0.25) is 0 Å². The van der Waals surface area contributed by atoms with Gasteiger partial charge in [-0.25, -0.2) is 4.39 Å². The van der Waals surface area contributed by atoms with Gasteiger partial charge in [-0.2, -0.15) is 0 Å². The fraction of sp³-hybridized carbons (Fsp3) is 0.400. The predicted molar refractivity (Wildman–Crippen MR) is 94.9 cm³/mol. The van der Waals surface area contributed by atoms with Gasteiger partial charge >= 0.3 is 0 Å². The van der Waals surface area contributed by atoms with E-state index >= 15 is 0 Å². The summed E-state index contributed by atoms with van der Waals surface area (Å²) < 4.78 is 17.6. The maximum Gasteiger partial charge on any atom is 0.123 e. The molecule has 0 aromatic heterocycles. The van der Waals surface area contributed by atoms with Crippen LogP contribution < -0.4 is 5.73 Å². The van der Waals surface area contributed by atoms with E-state index in [2.05, 4.69) is 35.2 Å². The number of benzene rings is 2. The molecule has 24 heavy (non-hydrogen) atoms. The Bertz CT molecular complexity index is 584. The van der Waals surface area contributed by atoms with Crippen LogP contribution in [0.15, 0.2) is 54.6 Å². The van der Waals surface area contributed by atoms with Crippen LogP contribution in [0.5, 0.6) is 0 Å². The van der Waals surface area contributed by atoms with Gasteiger partial charge in [0.1, 0.15) is 5.82 Å². The van der Waals surface area contributed by atoms with Crippen molar-refractivity contribution in [2.45, 2.75) is 13.0 Å². The zero-order valence-electron chi connectivity index (χ0n) is 13.9. The summed E-state index contributed by atoms with van der Waals surface area (Å²) >= 11 is 0. The Hall–Kier alpha value is -1.91. The first-order valence-electron chi connectivity index (χ1n) is 8.54. The number of nitrogen functional groups attached to an aromatic ring is 1. The van der Waals surface area contributed by atoms with Crippen molar-refractivity contribution >= 4 is 5.69 Å². The molecule has 3 nitrogen and oxygen atoms in total. The number of nitrogens with zero attached hydrogens (tertiary/aromatic N) is 1. The van der Waals surface area contributed by atoms with Crippen molar-refractivity contribution < 1.29 is 9.13 Å². The number of rotatable bonds is 2. The molecule has 0 aliphatic carbocycles. The molecule has 0 spiro atoms. The molecule has 2 unspecified atom stereocenters. The molecule has 2 N–H and O–H groups in total. The van der Waals surface area contributed by atoms with Crippen molar-refractivity contribution in [2.24, 2.45) is 11.8 Å². The van der Waals surface area contributed by atoms with E-state index in [-0.39, 0.29) is 5.82 Å². The second-order valence-electron chi connectivity index (χ2n) is 6.74. The molecule has 2 fully saturated rings. The summed E-state index contributed by atoms with van der Waals surface area (Å²) in [5.74, 6) is 1.30. The topological polar surface area (TPSA) is 38.5 Å². The lowest BCUT2D eigenvalue weighted by Gasteiger charge is -2.41. The van der Waals surface area contributed by atoms with E-state index in [4.69, 9.17) is 10.5 Å². The number of hydrogen-bond donors (Lipinski definition) is 1. The molecule has 2 aliphatic heterocycles. The van der Waals surface area contributed by atoms with E-state index in [0.717, 1.165) is 31.6 Å². The van der Waals surface area contributed by atoms with E-state index in [1.54, 1.807) is 0 Å². The summed E-state index contributed by atoms with van der Waals surface area (Å²) in [6, 6.07) is 16.5. The molecule has 2 bridgehead atoms. The van der Waals surface area contributed by atoms with E-state index in [9.17, 15) is 4.39 Å². The summed E-state index contributed by atoms with van der Waals surface area (Å²) in [5.41, 5.74) is 7.28. The maximum absolute atomic E-state index is 12.0. The molecular weight excluding hydrogens is 303 g/mol. The second-order valence-corrected chi connectivity index (χ2v) is 6.74. The zero-order chi connectivity index (χ0) is 16.8. The number of nitrogens with two attached hydrogens (primary N) is 1. The van der Waals surface area contributed by atoms with Crippen molar-refractivity contribution in [1.29, 1.82) is 0 Å². The average molecular weight is 328 g/mol. The highest BCUT2D eigenvalue weighted by Crippen LogP contribution is 2.27. The lowest BCUT2D eigenvalue weighted by molar-refractivity contribution is -0.0425. The van der Waals surface area contributed by atoms with E-state index in [0.29, 0.717) is 5.69 Å². The predicted octanol–water partition coefficient (Wildman–Crippen LogP) is 3.56. The van der Waals surface area contributed by atoms with Crippen LogP contribution in [0.4, 0.5) is 10.1 Å². The lowest BCUT2D eigenvalue weighted by atomic mass is 9.88. The summed E-state index contributed by atoms with van der Waals surface area (Å²) in [4.78, 5) is 2.59. The SMILES string of the molecule is Nc1ccc(F)cc1.c1ccc(CN2CC3COCC(C3)C2)cc1. The Morgan fingerprint density at radius 1 is 0.958 bits per heavy atom. The molecular formula is C20H25FN2O. The number of ether oxygens (including phenoxy) is 1. The molecule has 4 heteroatoms. The molecule has 128 valence electrons. The first-order chi connectivity index (χ1) is 11.7. The van der Waals surface area contributed by atoms with Gasteiger partial charge in [0.15, 0.2) is 0 Å². The standard InChI is InChI=1S/C14H19NO.C6H6FN/c1-2-4-12(5-3-1)7-15-8-13-6-14(9-15)11-16-10-13;7-5-1-3-6(8)4-2-5/h1-5,13-14H,6-11H2;1-4H,8H2. The van der Waals surface area contributed by atoms with Gasteiger partial charge in [0.25, 0.3) is 0 Å². The van der Waals surface area contributed by atoms with E-state index < -0.39 is 0 Å². The third kappa shape index (κ3) is 5.05. The molecule has 0 radical (unpaired) electrons. The first kappa shape index (κ1) is 16.9. The molecule has 2 aromatic rings. The third-order valence-electron chi connectivity index (χ3n) is 4.53. The molecule has 0 saturated carbocycles. The van der Waals surface area contributed by atoms with Crippen LogP contribution in [0.25, 0.3) is 0 Å². The highest BCUT2D eigenvalue weighted by atomic mass is 19.1. The lowest BCUT2D eigenvalue weighted by Crippen LogP contribution is -2.46. The number of likely N-dealkylation sites (tertiary alicyclic amines) is 1.